The Balaban J connectivity index is 0. The van der Waals surface area contributed by atoms with Crippen molar-refractivity contribution in [2.24, 2.45) is 11.7 Å². The third-order valence-electron chi connectivity index (χ3n) is 3.50. The van der Waals surface area contributed by atoms with Crippen molar-refractivity contribution in [2.75, 3.05) is 19.6 Å². The van der Waals surface area contributed by atoms with Gasteiger partial charge in [0.1, 0.15) is 0 Å². The molecule has 1 aliphatic rings. The molecule has 0 aromatic carbocycles. The SMILES string of the molecule is CCN1CCCC(NC(=O)C(C)C(C)N)C1.Cl.Cl. The van der Waals surface area contributed by atoms with E-state index in [2.05, 4.69) is 17.1 Å². The Bertz CT molecular complexity index is 239. The van der Waals surface area contributed by atoms with E-state index in [0.29, 0.717) is 6.04 Å². The molecule has 1 fully saturated rings. The van der Waals surface area contributed by atoms with Gasteiger partial charge >= 0.3 is 0 Å². The summed E-state index contributed by atoms with van der Waals surface area (Å²) in [4.78, 5) is 14.2. The highest BCUT2D eigenvalue weighted by Crippen LogP contribution is 2.10. The average Bonchev–Trinajstić information content (AvgIpc) is 2.28. The van der Waals surface area contributed by atoms with E-state index in [0.717, 1.165) is 26.1 Å². The fraction of sp³-hybridized carbons (Fsp3) is 0.917. The number of hydrogen-bond acceptors (Lipinski definition) is 3. The largest absolute Gasteiger partial charge is 0.352 e. The first kappa shape index (κ1) is 20.3. The van der Waals surface area contributed by atoms with E-state index in [9.17, 15) is 4.79 Å². The number of carbonyl (C=O) groups excluding carboxylic acids is 1. The Kier molecular flexibility index (Phi) is 11.1. The molecule has 3 atom stereocenters. The first-order valence-corrected chi connectivity index (χ1v) is 6.33. The Morgan fingerprint density at radius 1 is 1.44 bits per heavy atom. The van der Waals surface area contributed by atoms with Crippen LogP contribution in [0.3, 0.4) is 0 Å². The second-order valence-corrected chi connectivity index (χ2v) is 4.89. The fourth-order valence-corrected chi connectivity index (χ4v) is 2.03. The second kappa shape index (κ2) is 9.84. The monoisotopic (exact) mass is 299 g/mol. The molecule has 0 bridgehead atoms. The van der Waals surface area contributed by atoms with E-state index >= 15 is 0 Å². The number of nitrogens with zero attached hydrogens (tertiary/aromatic N) is 1. The average molecular weight is 300 g/mol. The molecule has 0 aromatic heterocycles. The summed E-state index contributed by atoms with van der Waals surface area (Å²) in [5.41, 5.74) is 5.72. The highest BCUT2D eigenvalue weighted by atomic mass is 35.5. The molecular formula is C12H27Cl2N3O. The van der Waals surface area contributed by atoms with Gasteiger partial charge in [-0.1, -0.05) is 13.8 Å². The molecule has 4 nitrogen and oxygen atoms in total. The lowest BCUT2D eigenvalue weighted by atomic mass is 10.0. The van der Waals surface area contributed by atoms with Gasteiger partial charge in [-0.2, -0.15) is 0 Å². The molecule has 1 rings (SSSR count). The van der Waals surface area contributed by atoms with Gasteiger partial charge < -0.3 is 16.0 Å². The lowest BCUT2D eigenvalue weighted by molar-refractivity contribution is -0.126. The molecule has 1 saturated heterocycles. The van der Waals surface area contributed by atoms with Crippen molar-refractivity contribution in [3.63, 3.8) is 0 Å². The standard InChI is InChI=1S/C12H25N3O.2ClH/c1-4-15-7-5-6-11(8-15)14-12(16)9(2)10(3)13;;/h9-11H,4-8,13H2,1-3H3,(H,14,16);2*1H. The minimum Gasteiger partial charge on any atom is -0.352 e. The van der Waals surface area contributed by atoms with Gasteiger partial charge in [-0.05, 0) is 32.9 Å². The van der Waals surface area contributed by atoms with E-state index in [4.69, 9.17) is 5.73 Å². The molecular weight excluding hydrogens is 273 g/mol. The van der Waals surface area contributed by atoms with E-state index < -0.39 is 0 Å². The minimum absolute atomic E-state index is 0. The molecule has 3 N–H and O–H groups in total. The number of piperidine rings is 1. The summed E-state index contributed by atoms with van der Waals surface area (Å²) in [6.45, 7) is 9.13. The number of hydrogen-bond donors (Lipinski definition) is 2. The van der Waals surface area contributed by atoms with Gasteiger partial charge in [-0.3, -0.25) is 4.79 Å². The molecule has 1 aliphatic heterocycles. The second-order valence-electron chi connectivity index (χ2n) is 4.89. The smallest absolute Gasteiger partial charge is 0.224 e. The number of rotatable bonds is 4. The molecule has 1 amide bonds. The van der Waals surface area contributed by atoms with Crippen molar-refractivity contribution in [3.05, 3.63) is 0 Å². The fourth-order valence-electron chi connectivity index (χ4n) is 2.03. The van der Waals surface area contributed by atoms with Crippen molar-refractivity contribution in [3.8, 4) is 0 Å². The van der Waals surface area contributed by atoms with Crippen LogP contribution in [0.15, 0.2) is 0 Å². The molecule has 0 radical (unpaired) electrons. The maximum absolute atomic E-state index is 11.8. The first-order valence-electron chi connectivity index (χ1n) is 6.33. The van der Waals surface area contributed by atoms with Gasteiger partial charge in [-0.15, -0.1) is 24.8 Å². The van der Waals surface area contributed by atoms with Gasteiger partial charge in [0.05, 0.1) is 0 Å². The van der Waals surface area contributed by atoms with E-state index in [1.807, 2.05) is 13.8 Å². The molecule has 6 heteroatoms. The summed E-state index contributed by atoms with van der Waals surface area (Å²) in [6, 6.07) is 0.230. The van der Waals surface area contributed by atoms with Crippen LogP contribution in [-0.2, 0) is 4.79 Å². The van der Waals surface area contributed by atoms with Crippen LogP contribution in [-0.4, -0.2) is 42.5 Å². The normalized spacial score (nSPS) is 23.2. The summed E-state index contributed by atoms with van der Waals surface area (Å²) in [5, 5.41) is 3.10. The Labute approximate surface area is 123 Å². The number of amides is 1. The van der Waals surface area contributed by atoms with Crippen molar-refractivity contribution in [2.45, 2.75) is 45.7 Å². The van der Waals surface area contributed by atoms with Gasteiger partial charge in [-0.25, -0.2) is 0 Å². The zero-order valence-electron chi connectivity index (χ0n) is 11.5. The maximum atomic E-state index is 11.8. The summed E-state index contributed by atoms with van der Waals surface area (Å²) < 4.78 is 0. The predicted molar refractivity (Wildman–Crippen MR) is 80.6 cm³/mol. The summed E-state index contributed by atoms with van der Waals surface area (Å²) >= 11 is 0. The number of nitrogens with one attached hydrogen (secondary N) is 1. The van der Waals surface area contributed by atoms with E-state index in [-0.39, 0.29) is 42.7 Å². The third-order valence-corrected chi connectivity index (χ3v) is 3.50. The van der Waals surface area contributed by atoms with Gasteiger partial charge in [0.2, 0.25) is 5.91 Å². The van der Waals surface area contributed by atoms with Crippen LogP contribution in [0, 0.1) is 5.92 Å². The number of halogens is 2. The third kappa shape index (κ3) is 6.23. The molecule has 0 saturated carbocycles. The molecule has 0 spiro atoms. The molecule has 1 heterocycles. The van der Waals surface area contributed by atoms with Crippen LogP contribution in [0.1, 0.15) is 33.6 Å². The van der Waals surface area contributed by atoms with Gasteiger partial charge in [0, 0.05) is 24.5 Å². The first-order chi connectivity index (χ1) is 7.54. The summed E-state index contributed by atoms with van der Waals surface area (Å²) in [5.74, 6) is -0.00467. The van der Waals surface area contributed by atoms with Gasteiger partial charge in [0.25, 0.3) is 0 Å². The number of nitrogens with two attached hydrogens (primary N) is 1. The number of likely N-dealkylation sites (N-methyl/N-ethyl adjacent to an activating group) is 1. The highest BCUT2D eigenvalue weighted by molar-refractivity contribution is 5.85. The molecule has 3 unspecified atom stereocenters. The molecule has 110 valence electrons. The zero-order valence-corrected chi connectivity index (χ0v) is 13.1. The van der Waals surface area contributed by atoms with Crippen LogP contribution < -0.4 is 11.1 Å². The lowest BCUT2D eigenvalue weighted by Crippen LogP contribution is -2.50. The Morgan fingerprint density at radius 2 is 2.06 bits per heavy atom. The van der Waals surface area contributed by atoms with Crippen LogP contribution >= 0.6 is 24.8 Å². The quantitative estimate of drug-likeness (QED) is 0.825. The minimum atomic E-state index is -0.1000. The maximum Gasteiger partial charge on any atom is 0.224 e. The molecule has 0 aromatic rings. The number of carbonyl (C=O) groups is 1. The lowest BCUT2D eigenvalue weighted by Gasteiger charge is -2.33. The summed E-state index contributed by atoms with van der Waals surface area (Å²) in [7, 11) is 0. The van der Waals surface area contributed by atoms with E-state index in [1.165, 1.54) is 6.42 Å². The zero-order chi connectivity index (χ0) is 12.1. The van der Waals surface area contributed by atoms with Gasteiger partial charge in [0.15, 0.2) is 0 Å². The van der Waals surface area contributed by atoms with Crippen LogP contribution in [0.25, 0.3) is 0 Å². The van der Waals surface area contributed by atoms with Crippen LogP contribution in [0.5, 0.6) is 0 Å². The van der Waals surface area contributed by atoms with Crippen LogP contribution in [0.4, 0.5) is 0 Å². The molecule has 18 heavy (non-hydrogen) atoms. The van der Waals surface area contributed by atoms with Crippen molar-refractivity contribution >= 4 is 30.7 Å². The number of likely N-dealkylation sites (tertiary alicyclic amines) is 1. The predicted octanol–water partition coefficient (Wildman–Crippen LogP) is 1.41. The van der Waals surface area contributed by atoms with Crippen LogP contribution in [0.2, 0.25) is 0 Å². The highest BCUT2D eigenvalue weighted by Gasteiger charge is 2.23. The van der Waals surface area contributed by atoms with Crippen molar-refractivity contribution in [1.29, 1.82) is 0 Å². The topological polar surface area (TPSA) is 58.4 Å². The van der Waals surface area contributed by atoms with E-state index in [1.54, 1.807) is 0 Å². The van der Waals surface area contributed by atoms with Crippen molar-refractivity contribution in [1.82, 2.24) is 10.2 Å². The summed E-state index contributed by atoms with van der Waals surface area (Å²) in [6.07, 6.45) is 2.26. The van der Waals surface area contributed by atoms with Crippen molar-refractivity contribution < 1.29 is 4.79 Å². The Morgan fingerprint density at radius 3 is 2.56 bits per heavy atom. The molecule has 0 aliphatic carbocycles. The Hall–Kier alpha value is -0.0300.